The van der Waals surface area contributed by atoms with Crippen LogP contribution in [0.5, 0.6) is 0 Å². The van der Waals surface area contributed by atoms with Gasteiger partial charge >= 0.3 is 0 Å². The zero-order valence-corrected chi connectivity index (χ0v) is 10.4. The Bertz CT molecular complexity index is 203. The third kappa shape index (κ3) is 2.71. The van der Waals surface area contributed by atoms with Crippen molar-refractivity contribution in [3.05, 3.63) is 0 Å². The fourth-order valence-electron chi connectivity index (χ4n) is 2.84. The van der Waals surface area contributed by atoms with Crippen LogP contribution in [0.3, 0.4) is 0 Å². The summed E-state index contributed by atoms with van der Waals surface area (Å²) in [5.74, 6) is 0. The lowest BCUT2D eigenvalue weighted by Crippen LogP contribution is -2.56. The molecule has 15 heavy (non-hydrogen) atoms. The quantitative estimate of drug-likeness (QED) is 0.741. The Kier molecular flexibility index (Phi) is 3.65. The van der Waals surface area contributed by atoms with E-state index in [1.807, 2.05) is 7.05 Å². The summed E-state index contributed by atoms with van der Waals surface area (Å²) in [6.45, 7) is 9.62. The van der Waals surface area contributed by atoms with Gasteiger partial charge in [-0.05, 0) is 33.7 Å². The lowest BCUT2D eigenvalue weighted by molar-refractivity contribution is 0.0511. The normalized spacial score (nSPS) is 31.8. The first kappa shape index (κ1) is 11.4. The Labute approximate surface area is 93.8 Å². The highest BCUT2D eigenvalue weighted by Crippen LogP contribution is 2.29. The van der Waals surface area contributed by atoms with Gasteiger partial charge < -0.3 is 5.32 Å². The van der Waals surface area contributed by atoms with Crippen LogP contribution in [0.2, 0.25) is 0 Å². The fourth-order valence-corrected chi connectivity index (χ4v) is 2.84. The van der Waals surface area contributed by atoms with E-state index in [0.717, 1.165) is 18.6 Å². The molecule has 88 valence electrons. The third-order valence-electron chi connectivity index (χ3n) is 3.84. The number of hydrogen-bond donors (Lipinski definition) is 1. The van der Waals surface area contributed by atoms with Crippen molar-refractivity contribution in [3.63, 3.8) is 0 Å². The number of hydrogen-bond acceptors (Lipinski definition) is 3. The van der Waals surface area contributed by atoms with E-state index in [1.54, 1.807) is 0 Å². The maximum atomic E-state index is 3.28. The van der Waals surface area contributed by atoms with Gasteiger partial charge in [0.2, 0.25) is 0 Å². The molecule has 3 heteroatoms. The Morgan fingerprint density at radius 2 is 2.07 bits per heavy atom. The highest BCUT2D eigenvalue weighted by atomic mass is 15.3. The molecule has 0 bridgehead atoms. The molecule has 0 aromatic carbocycles. The molecule has 1 saturated carbocycles. The molecular weight excluding hydrogens is 186 g/mol. The number of piperazine rings is 1. The van der Waals surface area contributed by atoms with Crippen molar-refractivity contribution in [1.29, 1.82) is 0 Å². The number of likely N-dealkylation sites (N-methyl/N-ethyl adjacent to an activating group) is 1. The Balaban J connectivity index is 1.82. The van der Waals surface area contributed by atoms with Crippen LogP contribution in [-0.2, 0) is 0 Å². The molecule has 0 amide bonds. The largest absolute Gasteiger partial charge is 0.318 e. The van der Waals surface area contributed by atoms with Gasteiger partial charge in [0.25, 0.3) is 0 Å². The molecule has 2 rings (SSSR count). The van der Waals surface area contributed by atoms with Crippen molar-refractivity contribution in [3.8, 4) is 0 Å². The molecule has 1 aliphatic heterocycles. The Hall–Kier alpha value is -0.120. The molecule has 1 N–H and O–H groups in total. The van der Waals surface area contributed by atoms with E-state index in [1.165, 1.54) is 32.5 Å². The van der Waals surface area contributed by atoms with Gasteiger partial charge in [0.05, 0.1) is 0 Å². The van der Waals surface area contributed by atoms with Gasteiger partial charge in [-0.25, -0.2) is 0 Å². The SMILES string of the molecule is CNCC(C)N1CCN(C2CC2)CC1C. The molecule has 2 fully saturated rings. The molecule has 1 saturated heterocycles. The predicted octanol–water partition coefficient (Wildman–Crippen LogP) is 0.763. The van der Waals surface area contributed by atoms with E-state index in [0.29, 0.717) is 6.04 Å². The van der Waals surface area contributed by atoms with Crippen LogP contribution in [0.4, 0.5) is 0 Å². The first-order valence-corrected chi connectivity index (χ1v) is 6.36. The first-order chi connectivity index (χ1) is 7.22. The van der Waals surface area contributed by atoms with Crippen molar-refractivity contribution >= 4 is 0 Å². The molecule has 2 atom stereocenters. The zero-order chi connectivity index (χ0) is 10.8. The van der Waals surface area contributed by atoms with Crippen LogP contribution in [0.25, 0.3) is 0 Å². The van der Waals surface area contributed by atoms with E-state index in [-0.39, 0.29) is 0 Å². The van der Waals surface area contributed by atoms with Gasteiger partial charge in [-0.1, -0.05) is 0 Å². The molecule has 0 spiro atoms. The molecule has 0 aromatic heterocycles. The van der Waals surface area contributed by atoms with Gasteiger partial charge in [0.15, 0.2) is 0 Å². The van der Waals surface area contributed by atoms with Gasteiger partial charge in [0, 0.05) is 44.3 Å². The van der Waals surface area contributed by atoms with E-state index >= 15 is 0 Å². The highest BCUT2D eigenvalue weighted by Gasteiger charge is 2.34. The van der Waals surface area contributed by atoms with Crippen molar-refractivity contribution in [1.82, 2.24) is 15.1 Å². The van der Waals surface area contributed by atoms with Crippen LogP contribution in [0.15, 0.2) is 0 Å². The highest BCUT2D eigenvalue weighted by molar-refractivity contribution is 4.91. The average Bonchev–Trinajstić information content (AvgIpc) is 3.01. The van der Waals surface area contributed by atoms with Crippen LogP contribution in [0, 0.1) is 0 Å². The zero-order valence-electron chi connectivity index (χ0n) is 10.4. The summed E-state index contributed by atoms with van der Waals surface area (Å²) in [6, 6.07) is 2.34. The molecule has 2 unspecified atom stereocenters. The maximum absolute atomic E-state index is 3.28. The van der Waals surface area contributed by atoms with Gasteiger partial charge in [-0.2, -0.15) is 0 Å². The smallest absolute Gasteiger partial charge is 0.0198 e. The third-order valence-corrected chi connectivity index (χ3v) is 3.84. The first-order valence-electron chi connectivity index (χ1n) is 6.36. The molecule has 0 radical (unpaired) electrons. The Morgan fingerprint density at radius 1 is 1.33 bits per heavy atom. The van der Waals surface area contributed by atoms with E-state index < -0.39 is 0 Å². The molecule has 3 nitrogen and oxygen atoms in total. The maximum Gasteiger partial charge on any atom is 0.0198 e. The van der Waals surface area contributed by atoms with Crippen molar-refractivity contribution < 1.29 is 0 Å². The van der Waals surface area contributed by atoms with Crippen LogP contribution >= 0.6 is 0 Å². The fraction of sp³-hybridized carbons (Fsp3) is 1.00. The second-order valence-corrected chi connectivity index (χ2v) is 5.22. The molecule has 1 aliphatic carbocycles. The minimum Gasteiger partial charge on any atom is -0.318 e. The minimum absolute atomic E-state index is 0.673. The lowest BCUT2D eigenvalue weighted by Gasteiger charge is -2.43. The lowest BCUT2D eigenvalue weighted by atomic mass is 10.1. The average molecular weight is 211 g/mol. The second-order valence-electron chi connectivity index (χ2n) is 5.22. The summed E-state index contributed by atoms with van der Waals surface area (Å²) in [4.78, 5) is 5.34. The van der Waals surface area contributed by atoms with Crippen LogP contribution in [0.1, 0.15) is 26.7 Å². The predicted molar refractivity (Wildman–Crippen MR) is 64.2 cm³/mol. The van der Waals surface area contributed by atoms with E-state index in [9.17, 15) is 0 Å². The van der Waals surface area contributed by atoms with E-state index in [4.69, 9.17) is 0 Å². The Morgan fingerprint density at radius 3 is 2.60 bits per heavy atom. The summed E-state index contributed by atoms with van der Waals surface area (Å²) in [6.07, 6.45) is 2.89. The van der Waals surface area contributed by atoms with Crippen LogP contribution < -0.4 is 5.32 Å². The number of rotatable bonds is 4. The summed E-state index contributed by atoms with van der Waals surface area (Å²) in [5, 5.41) is 3.28. The standard InChI is InChI=1S/C12H25N3/c1-10(8-13-3)15-7-6-14(9-11(15)2)12-4-5-12/h10-13H,4-9H2,1-3H3. The molecule has 0 aromatic rings. The molecular formula is C12H25N3. The van der Waals surface area contributed by atoms with Crippen molar-refractivity contribution in [2.75, 3.05) is 33.2 Å². The number of nitrogens with one attached hydrogen (secondary N) is 1. The van der Waals surface area contributed by atoms with Gasteiger partial charge in [-0.15, -0.1) is 0 Å². The summed E-state index contributed by atoms with van der Waals surface area (Å²) in [5.41, 5.74) is 0. The van der Waals surface area contributed by atoms with Crippen LogP contribution in [-0.4, -0.2) is 61.2 Å². The molecule has 2 aliphatic rings. The summed E-state index contributed by atoms with van der Waals surface area (Å²) < 4.78 is 0. The molecule has 1 heterocycles. The van der Waals surface area contributed by atoms with Crippen molar-refractivity contribution in [2.24, 2.45) is 0 Å². The summed E-state index contributed by atoms with van der Waals surface area (Å²) >= 11 is 0. The van der Waals surface area contributed by atoms with E-state index in [2.05, 4.69) is 29.0 Å². The van der Waals surface area contributed by atoms with Gasteiger partial charge in [0.1, 0.15) is 0 Å². The second kappa shape index (κ2) is 4.81. The van der Waals surface area contributed by atoms with Gasteiger partial charge in [-0.3, -0.25) is 9.80 Å². The topological polar surface area (TPSA) is 18.5 Å². The number of nitrogens with zero attached hydrogens (tertiary/aromatic N) is 2. The van der Waals surface area contributed by atoms with Crippen molar-refractivity contribution in [2.45, 2.75) is 44.8 Å². The summed E-state index contributed by atoms with van der Waals surface area (Å²) in [7, 11) is 2.04. The minimum atomic E-state index is 0.673. The monoisotopic (exact) mass is 211 g/mol.